The zero-order valence-corrected chi connectivity index (χ0v) is 20.4. The van der Waals surface area contributed by atoms with Crippen molar-refractivity contribution in [2.75, 3.05) is 6.61 Å². The second-order valence-electron chi connectivity index (χ2n) is 11.3. The minimum Gasteiger partial charge on any atom is -0.461 e. The number of carbonyl (C=O) groups excluding carboxylic acids is 3. The van der Waals surface area contributed by atoms with Gasteiger partial charge in [0.05, 0.1) is 12.0 Å². The SMILES string of the molecule is C[C@]12C[C@H](O)[C@H]3[C@@H](CCC4=CC(=O)C=C[C@@]43C)[C@@H]1C[C@@H](C(=O)OCc1ccccc1)[C@@H]2C(=O)CO. The molecule has 8 atom stereocenters. The molecule has 0 heterocycles. The van der Waals surface area contributed by atoms with Gasteiger partial charge in [-0.1, -0.05) is 55.8 Å². The van der Waals surface area contributed by atoms with E-state index in [0.717, 1.165) is 24.0 Å². The Bertz CT molecular complexity index is 1090. The maximum atomic E-state index is 13.3. The van der Waals surface area contributed by atoms with E-state index in [1.165, 1.54) is 0 Å². The summed E-state index contributed by atoms with van der Waals surface area (Å²) in [4.78, 5) is 38.4. The molecule has 0 bridgehead atoms. The van der Waals surface area contributed by atoms with Crippen molar-refractivity contribution in [2.24, 2.45) is 40.4 Å². The van der Waals surface area contributed by atoms with Crippen molar-refractivity contribution < 1.29 is 29.3 Å². The highest BCUT2D eigenvalue weighted by molar-refractivity contribution is 6.01. The Morgan fingerprint density at radius 3 is 2.63 bits per heavy atom. The summed E-state index contributed by atoms with van der Waals surface area (Å²) in [5, 5.41) is 21.3. The summed E-state index contributed by atoms with van der Waals surface area (Å²) in [7, 11) is 0. The molecule has 6 heteroatoms. The van der Waals surface area contributed by atoms with Gasteiger partial charge in [-0.3, -0.25) is 14.4 Å². The van der Waals surface area contributed by atoms with Gasteiger partial charge in [-0.2, -0.15) is 0 Å². The number of fused-ring (bicyclic) bond motifs is 5. The fourth-order valence-corrected chi connectivity index (χ4v) is 8.13. The molecule has 5 rings (SSSR count). The lowest BCUT2D eigenvalue weighted by Gasteiger charge is -2.58. The van der Waals surface area contributed by atoms with Crippen LogP contribution in [0.25, 0.3) is 0 Å². The number of carbonyl (C=O) groups is 3. The van der Waals surface area contributed by atoms with Gasteiger partial charge in [0.1, 0.15) is 13.2 Å². The highest BCUT2D eigenvalue weighted by Crippen LogP contribution is 2.67. The molecule has 0 aliphatic heterocycles. The highest BCUT2D eigenvalue weighted by atomic mass is 16.5. The minimum atomic E-state index is -0.690. The zero-order valence-electron chi connectivity index (χ0n) is 20.4. The number of allylic oxidation sites excluding steroid dienone is 4. The topological polar surface area (TPSA) is 101 Å². The molecule has 35 heavy (non-hydrogen) atoms. The average Bonchev–Trinajstić information content (AvgIpc) is 3.15. The van der Waals surface area contributed by atoms with Crippen molar-refractivity contribution in [3.8, 4) is 0 Å². The van der Waals surface area contributed by atoms with Gasteiger partial charge in [0, 0.05) is 17.3 Å². The third-order valence-corrected chi connectivity index (χ3v) is 9.58. The van der Waals surface area contributed by atoms with Crippen LogP contribution >= 0.6 is 0 Å². The minimum absolute atomic E-state index is 0.0123. The van der Waals surface area contributed by atoms with Crippen molar-refractivity contribution in [2.45, 2.75) is 52.2 Å². The van der Waals surface area contributed by atoms with Gasteiger partial charge in [0.25, 0.3) is 0 Å². The fourth-order valence-electron chi connectivity index (χ4n) is 8.13. The third kappa shape index (κ3) is 3.82. The Morgan fingerprint density at radius 1 is 1.17 bits per heavy atom. The molecule has 2 N–H and O–H groups in total. The van der Waals surface area contributed by atoms with E-state index < -0.39 is 41.3 Å². The number of aliphatic hydroxyl groups is 2. The Kier molecular flexibility index (Phi) is 6.09. The molecular formula is C29H34O6. The smallest absolute Gasteiger partial charge is 0.310 e. The molecule has 0 amide bonds. The number of hydrogen-bond acceptors (Lipinski definition) is 6. The Labute approximate surface area is 206 Å². The second-order valence-corrected chi connectivity index (χ2v) is 11.3. The number of ketones is 2. The third-order valence-electron chi connectivity index (χ3n) is 9.58. The molecular weight excluding hydrogens is 444 g/mol. The molecule has 0 spiro atoms. The normalized spacial score (nSPS) is 39.8. The van der Waals surface area contributed by atoms with Crippen LogP contribution in [0, 0.1) is 40.4 Å². The van der Waals surface area contributed by atoms with Crippen LogP contribution in [0.2, 0.25) is 0 Å². The lowest BCUT2D eigenvalue weighted by atomic mass is 9.46. The first-order chi connectivity index (χ1) is 16.7. The summed E-state index contributed by atoms with van der Waals surface area (Å²) in [6, 6.07) is 9.43. The molecule has 3 fully saturated rings. The summed E-state index contributed by atoms with van der Waals surface area (Å²) in [5.41, 5.74) is 0.914. The Hall–Kier alpha value is -2.57. The van der Waals surface area contributed by atoms with Gasteiger partial charge in [0.15, 0.2) is 11.6 Å². The number of hydrogen-bond donors (Lipinski definition) is 2. The molecule has 3 saturated carbocycles. The van der Waals surface area contributed by atoms with E-state index in [0.29, 0.717) is 12.8 Å². The summed E-state index contributed by atoms with van der Waals surface area (Å²) >= 11 is 0. The standard InChI is InChI=1S/C29H34O6/c1-28-11-10-19(31)12-18(28)8-9-20-22-13-21(27(34)35-16-17-6-4-3-5-7-17)26(24(33)15-30)29(22,2)14-23(32)25(20)28/h3-7,10-12,20-23,25-26,30,32H,8-9,13-16H2,1-2H3/t20-,21+,22-,23-,25+,26+,28-,29-/m0/s1. The molecule has 1 aromatic carbocycles. The van der Waals surface area contributed by atoms with Crippen molar-refractivity contribution >= 4 is 17.5 Å². The molecule has 0 aromatic heterocycles. The molecule has 186 valence electrons. The quantitative estimate of drug-likeness (QED) is 0.629. The molecule has 0 saturated heterocycles. The largest absolute Gasteiger partial charge is 0.461 e. The van der Waals surface area contributed by atoms with E-state index in [9.17, 15) is 24.6 Å². The number of rotatable bonds is 5. The first kappa shape index (κ1) is 24.1. The molecule has 6 nitrogen and oxygen atoms in total. The van der Waals surface area contributed by atoms with Crippen LogP contribution in [0.15, 0.2) is 54.1 Å². The number of esters is 1. The monoisotopic (exact) mass is 478 g/mol. The Morgan fingerprint density at radius 2 is 1.91 bits per heavy atom. The van der Waals surface area contributed by atoms with E-state index >= 15 is 0 Å². The van der Waals surface area contributed by atoms with E-state index in [1.54, 1.807) is 12.2 Å². The molecule has 1 aromatic rings. The van der Waals surface area contributed by atoms with Crippen molar-refractivity contribution in [3.05, 3.63) is 59.7 Å². The van der Waals surface area contributed by atoms with Crippen LogP contribution in [-0.4, -0.2) is 40.5 Å². The van der Waals surface area contributed by atoms with Crippen molar-refractivity contribution in [3.63, 3.8) is 0 Å². The predicted octanol–water partition coefficient (Wildman–Crippen LogP) is 3.41. The number of Topliss-reactive ketones (excluding diaryl/α,β-unsaturated/α-hetero) is 1. The van der Waals surface area contributed by atoms with Gasteiger partial charge in [-0.05, 0) is 60.6 Å². The van der Waals surface area contributed by atoms with Gasteiger partial charge in [-0.15, -0.1) is 0 Å². The first-order valence-electron chi connectivity index (χ1n) is 12.7. The predicted molar refractivity (Wildman–Crippen MR) is 129 cm³/mol. The molecule has 4 aliphatic carbocycles. The zero-order chi connectivity index (χ0) is 25.0. The van der Waals surface area contributed by atoms with Crippen LogP contribution in [0.4, 0.5) is 0 Å². The highest BCUT2D eigenvalue weighted by Gasteiger charge is 2.66. The van der Waals surface area contributed by atoms with Crippen LogP contribution in [0.1, 0.15) is 45.1 Å². The average molecular weight is 479 g/mol. The van der Waals surface area contributed by atoms with Gasteiger partial charge < -0.3 is 14.9 Å². The Balaban J connectivity index is 1.45. The van der Waals surface area contributed by atoms with Crippen LogP contribution in [-0.2, 0) is 25.7 Å². The lowest BCUT2D eigenvalue weighted by molar-refractivity contribution is -0.157. The van der Waals surface area contributed by atoms with Crippen molar-refractivity contribution in [1.29, 1.82) is 0 Å². The van der Waals surface area contributed by atoms with Crippen molar-refractivity contribution in [1.82, 2.24) is 0 Å². The van der Waals surface area contributed by atoms with E-state index in [1.807, 2.05) is 43.3 Å². The number of benzene rings is 1. The summed E-state index contributed by atoms with van der Waals surface area (Å²) < 4.78 is 5.68. The summed E-state index contributed by atoms with van der Waals surface area (Å²) in [5.74, 6) is -2.06. The maximum Gasteiger partial charge on any atom is 0.310 e. The summed E-state index contributed by atoms with van der Waals surface area (Å²) in [6.45, 7) is 3.61. The fraction of sp³-hybridized carbons (Fsp3) is 0.552. The number of aliphatic hydroxyl groups excluding tert-OH is 2. The maximum absolute atomic E-state index is 13.3. The number of ether oxygens (including phenoxy) is 1. The molecule has 0 radical (unpaired) electrons. The van der Waals surface area contributed by atoms with Gasteiger partial charge in [0.2, 0.25) is 0 Å². The van der Waals surface area contributed by atoms with Crippen LogP contribution < -0.4 is 0 Å². The summed E-state index contributed by atoms with van der Waals surface area (Å²) in [6.07, 6.45) is 7.03. The van der Waals surface area contributed by atoms with Crippen LogP contribution in [0.5, 0.6) is 0 Å². The van der Waals surface area contributed by atoms with E-state index in [2.05, 4.69) is 6.92 Å². The van der Waals surface area contributed by atoms with Gasteiger partial charge in [-0.25, -0.2) is 0 Å². The first-order valence-corrected chi connectivity index (χ1v) is 12.7. The lowest BCUT2D eigenvalue weighted by Crippen LogP contribution is -2.56. The van der Waals surface area contributed by atoms with E-state index in [-0.39, 0.29) is 35.9 Å². The van der Waals surface area contributed by atoms with E-state index in [4.69, 9.17) is 4.74 Å². The van der Waals surface area contributed by atoms with Gasteiger partial charge >= 0.3 is 5.97 Å². The van der Waals surface area contributed by atoms with Crippen LogP contribution in [0.3, 0.4) is 0 Å². The second kappa shape index (κ2) is 8.82. The molecule has 0 unspecified atom stereocenters. The molecule has 4 aliphatic rings.